The number of hydrogen-bond donors (Lipinski definition) is 1. The number of aliphatic carboxylic acids is 1. The number of likely N-dealkylation sites (N-methyl/N-ethyl adjacent to an activating group) is 1. The van der Waals surface area contributed by atoms with Crippen LogP contribution in [-0.2, 0) is 28.6 Å². The van der Waals surface area contributed by atoms with Crippen molar-refractivity contribution in [2.75, 3.05) is 41.0 Å². The molecule has 0 bridgehead atoms. The third-order valence-corrected chi connectivity index (χ3v) is 7.87. The number of carbonyl (C=O) groups is 3. The molecule has 0 aromatic rings. The van der Waals surface area contributed by atoms with E-state index in [0.29, 0.717) is 19.3 Å². The minimum Gasteiger partial charge on any atom is -0.477 e. The number of rotatable bonds is 31. The summed E-state index contributed by atoms with van der Waals surface area (Å²) in [6, 6.07) is -0.612. The van der Waals surface area contributed by atoms with Gasteiger partial charge in [0, 0.05) is 19.3 Å². The second-order valence-electron chi connectivity index (χ2n) is 13.2. The summed E-state index contributed by atoms with van der Waals surface area (Å²) in [4.78, 5) is 36.6. The summed E-state index contributed by atoms with van der Waals surface area (Å²) in [6.07, 6.45) is 30.5. The van der Waals surface area contributed by atoms with Gasteiger partial charge in [0.15, 0.2) is 12.1 Å². The number of carboxylic acid groups (broad SMARTS) is 1. The Morgan fingerprint density at radius 2 is 1.22 bits per heavy atom. The summed E-state index contributed by atoms with van der Waals surface area (Å²) in [5.74, 6) is -1.49. The molecule has 46 heavy (non-hydrogen) atoms. The number of carboxylic acids is 1. The van der Waals surface area contributed by atoms with Gasteiger partial charge in [0.25, 0.3) is 0 Å². The summed E-state index contributed by atoms with van der Waals surface area (Å²) in [5, 5.41) is 9.55. The van der Waals surface area contributed by atoms with Crippen LogP contribution in [0.3, 0.4) is 0 Å². The first-order valence-corrected chi connectivity index (χ1v) is 18.1. The third-order valence-electron chi connectivity index (χ3n) is 7.87. The molecule has 0 aliphatic heterocycles. The van der Waals surface area contributed by atoms with Crippen molar-refractivity contribution in [1.29, 1.82) is 0 Å². The maximum atomic E-state index is 12.5. The molecular formula is C38H68NO7+. The molecule has 266 valence electrons. The highest BCUT2D eigenvalue weighted by atomic mass is 16.6. The van der Waals surface area contributed by atoms with Crippen LogP contribution in [0.15, 0.2) is 36.5 Å². The fourth-order valence-electron chi connectivity index (χ4n) is 5.03. The Bertz CT molecular complexity index is 860. The zero-order valence-corrected chi connectivity index (χ0v) is 30.0. The molecule has 8 heteroatoms. The minimum atomic E-state index is -0.880. The number of allylic oxidation sites excluding steroid dienone is 6. The van der Waals surface area contributed by atoms with Gasteiger partial charge in [-0.3, -0.25) is 9.59 Å². The second kappa shape index (κ2) is 29.9. The van der Waals surface area contributed by atoms with Crippen molar-refractivity contribution in [1.82, 2.24) is 0 Å². The molecule has 2 atom stereocenters. The monoisotopic (exact) mass is 650 g/mol. The summed E-state index contributed by atoms with van der Waals surface area (Å²) in [6.45, 7) is 4.53. The Morgan fingerprint density at radius 3 is 1.78 bits per heavy atom. The molecule has 0 spiro atoms. The molecule has 0 fully saturated rings. The van der Waals surface area contributed by atoms with Crippen molar-refractivity contribution in [2.45, 2.75) is 148 Å². The highest BCUT2D eigenvalue weighted by Gasteiger charge is 2.31. The van der Waals surface area contributed by atoms with E-state index in [-0.39, 0.29) is 36.2 Å². The van der Waals surface area contributed by atoms with Gasteiger partial charge in [-0.25, -0.2) is 4.79 Å². The summed E-state index contributed by atoms with van der Waals surface area (Å²) in [5.41, 5.74) is 0. The SMILES string of the molecule is CC/C=C/C=C/C=C/CCCCCCCCCC(=O)OCC(COCCC(C(=O)O)[N+](C)(C)C)OC(=O)CCCCCCCCC. The highest BCUT2D eigenvalue weighted by Crippen LogP contribution is 2.13. The van der Waals surface area contributed by atoms with Crippen molar-refractivity contribution in [3.05, 3.63) is 36.5 Å². The van der Waals surface area contributed by atoms with Gasteiger partial charge in [-0.1, -0.05) is 121 Å². The number of hydrogen-bond acceptors (Lipinski definition) is 6. The van der Waals surface area contributed by atoms with Gasteiger partial charge in [0.1, 0.15) is 6.61 Å². The number of nitrogens with zero attached hydrogens (tertiary/aromatic N) is 1. The van der Waals surface area contributed by atoms with Gasteiger partial charge in [0.2, 0.25) is 0 Å². The Kier molecular flexibility index (Phi) is 28.3. The Balaban J connectivity index is 4.38. The van der Waals surface area contributed by atoms with Crippen LogP contribution in [0.2, 0.25) is 0 Å². The lowest BCUT2D eigenvalue weighted by atomic mass is 10.1. The van der Waals surface area contributed by atoms with Gasteiger partial charge < -0.3 is 23.8 Å². The average molecular weight is 651 g/mol. The predicted octanol–water partition coefficient (Wildman–Crippen LogP) is 8.74. The minimum absolute atomic E-state index is 0.0566. The molecule has 0 radical (unpaired) electrons. The maximum Gasteiger partial charge on any atom is 0.362 e. The van der Waals surface area contributed by atoms with Crippen LogP contribution in [0, 0.1) is 0 Å². The lowest BCUT2D eigenvalue weighted by molar-refractivity contribution is -0.887. The lowest BCUT2D eigenvalue weighted by Gasteiger charge is -2.31. The zero-order valence-electron chi connectivity index (χ0n) is 30.0. The van der Waals surface area contributed by atoms with Crippen LogP contribution in [0.25, 0.3) is 0 Å². The summed E-state index contributed by atoms with van der Waals surface area (Å²) in [7, 11) is 5.50. The van der Waals surface area contributed by atoms with Crippen LogP contribution in [-0.4, -0.2) is 80.6 Å². The molecule has 8 nitrogen and oxygen atoms in total. The molecule has 0 aromatic heterocycles. The van der Waals surface area contributed by atoms with E-state index in [2.05, 4.69) is 50.3 Å². The third kappa shape index (κ3) is 27.8. The first kappa shape index (κ1) is 43.5. The van der Waals surface area contributed by atoms with Crippen LogP contribution in [0.4, 0.5) is 0 Å². The Morgan fingerprint density at radius 1 is 0.674 bits per heavy atom. The largest absolute Gasteiger partial charge is 0.477 e. The van der Waals surface area contributed by atoms with E-state index in [0.717, 1.165) is 51.4 Å². The van der Waals surface area contributed by atoms with E-state index in [4.69, 9.17) is 14.2 Å². The van der Waals surface area contributed by atoms with Crippen molar-refractivity contribution < 1.29 is 38.2 Å². The van der Waals surface area contributed by atoms with E-state index in [1.54, 1.807) is 0 Å². The number of ether oxygens (including phenoxy) is 3. The van der Waals surface area contributed by atoms with Gasteiger partial charge in [-0.05, 0) is 32.1 Å². The predicted molar refractivity (Wildman–Crippen MR) is 188 cm³/mol. The van der Waals surface area contributed by atoms with Gasteiger partial charge in [0.05, 0.1) is 34.4 Å². The number of quaternary nitrogens is 1. The highest BCUT2D eigenvalue weighted by molar-refractivity contribution is 5.72. The molecule has 0 aromatic carbocycles. The smallest absolute Gasteiger partial charge is 0.362 e. The van der Waals surface area contributed by atoms with Gasteiger partial charge >= 0.3 is 17.9 Å². The summed E-state index contributed by atoms with van der Waals surface area (Å²) < 4.78 is 17.1. The van der Waals surface area contributed by atoms with E-state index >= 15 is 0 Å². The van der Waals surface area contributed by atoms with E-state index in [1.807, 2.05) is 21.1 Å². The van der Waals surface area contributed by atoms with Crippen molar-refractivity contribution in [3.8, 4) is 0 Å². The standard InChI is InChI=1S/C38H67NO7/c1-6-8-10-12-14-15-16-17-18-19-20-21-23-24-26-28-36(40)45-33-34(32-44-31-30-35(38(42)43)39(3,4)5)46-37(41)29-27-25-22-13-11-9-7-2/h8,10,12,14-16,34-35H,6-7,9,11,13,17-33H2,1-5H3/p+1/b10-8+,14-12+,16-15+. The molecule has 0 aliphatic carbocycles. The van der Waals surface area contributed by atoms with Crippen LogP contribution < -0.4 is 0 Å². The quantitative estimate of drug-likeness (QED) is 0.0347. The number of unbranched alkanes of at least 4 members (excludes halogenated alkanes) is 13. The Hall–Kier alpha value is -2.45. The normalized spacial score (nSPS) is 13.5. The van der Waals surface area contributed by atoms with Crippen molar-refractivity contribution >= 4 is 17.9 Å². The fraction of sp³-hybridized carbons (Fsp3) is 0.763. The molecule has 0 saturated heterocycles. The zero-order chi connectivity index (χ0) is 34.3. The van der Waals surface area contributed by atoms with Crippen LogP contribution >= 0.6 is 0 Å². The Labute approximate surface area is 281 Å². The van der Waals surface area contributed by atoms with E-state index in [1.165, 1.54) is 51.4 Å². The van der Waals surface area contributed by atoms with Crippen molar-refractivity contribution in [3.63, 3.8) is 0 Å². The average Bonchev–Trinajstić information content (AvgIpc) is 3.00. The van der Waals surface area contributed by atoms with Gasteiger partial charge in [-0.15, -0.1) is 0 Å². The first-order chi connectivity index (χ1) is 22.1. The van der Waals surface area contributed by atoms with Gasteiger partial charge in [-0.2, -0.15) is 0 Å². The topological polar surface area (TPSA) is 99.1 Å². The molecule has 0 amide bonds. The lowest BCUT2D eigenvalue weighted by Crippen LogP contribution is -2.50. The second-order valence-corrected chi connectivity index (χ2v) is 13.2. The molecule has 0 aliphatic rings. The summed E-state index contributed by atoms with van der Waals surface area (Å²) >= 11 is 0. The molecule has 1 N–H and O–H groups in total. The van der Waals surface area contributed by atoms with E-state index in [9.17, 15) is 19.5 Å². The molecule has 0 saturated carbocycles. The first-order valence-electron chi connectivity index (χ1n) is 18.1. The van der Waals surface area contributed by atoms with Crippen LogP contribution in [0.1, 0.15) is 136 Å². The molecule has 0 rings (SSSR count). The molecular weight excluding hydrogens is 582 g/mol. The maximum absolute atomic E-state index is 12.5. The molecule has 2 unspecified atom stereocenters. The van der Waals surface area contributed by atoms with Crippen molar-refractivity contribution in [2.24, 2.45) is 0 Å². The fourth-order valence-corrected chi connectivity index (χ4v) is 5.03. The van der Waals surface area contributed by atoms with Crippen LogP contribution in [0.5, 0.6) is 0 Å². The van der Waals surface area contributed by atoms with E-state index < -0.39 is 18.1 Å². The molecule has 0 heterocycles. The number of esters is 2. The number of carbonyl (C=O) groups excluding carboxylic acids is 2.